The first-order valence-corrected chi connectivity index (χ1v) is 9.28. The monoisotopic (exact) mass is 377 g/mol. The van der Waals surface area contributed by atoms with Crippen LogP contribution in [-0.4, -0.2) is 31.2 Å². The Hall–Kier alpha value is -2.65. The van der Waals surface area contributed by atoms with Gasteiger partial charge in [-0.1, -0.05) is 17.3 Å². The first-order chi connectivity index (χ1) is 12.2. The van der Waals surface area contributed by atoms with E-state index in [1.807, 2.05) is 6.07 Å². The zero-order chi connectivity index (χ0) is 18.9. The molecule has 1 aromatic carbocycles. The first-order valence-electron chi connectivity index (χ1n) is 7.80. The number of sulfonamides is 1. The highest BCUT2D eigenvalue weighted by Gasteiger charge is 2.26. The molecule has 0 bridgehead atoms. The number of methoxy groups -OCH3 is 1. The molecule has 8 nitrogen and oxygen atoms in total. The van der Waals surface area contributed by atoms with Gasteiger partial charge in [-0.25, -0.2) is 13.1 Å². The molecule has 0 aliphatic rings. The molecule has 26 heavy (non-hydrogen) atoms. The number of rotatable bonds is 5. The van der Waals surface area contributed by atoms with Crippen molar-refractivity contribution >= 4 is 10.0 Å². The molecule has 0 fully saturated rings. The van der Waals surface area contributed by atoms with Gasteiger partial charge in [-0.3, -0.25) is 0 Å². The predicted molar refractivity (Wildman–Crippen MR) is 94.1 cm³/mol. The molecule has 0 aliphatic carbocycles. The zero-order valence-electron chi connectivity index (χ0n) is 14.8. The third-order valence-electron chi connectivity index (χ3n) is 3.25. The van der Waals surface area contributed by atoms with E-state index in [1.54, 1.807) is 46.1 Å². The Morgan fingerprint density at radius 2 is 1.92 bits per heavy atom. The molecule has 0 spiro atoms. The number of nitrogens with one attached hydrogen (secondary N) is 1. The van der Waals surface area contributed by atoms with Gasteiger partial charge in [-0.05, 0) is 45.0 Å². The Kier molecular flexibility index (Phi) is 4.59. The van der Waals surface area contributed by atoms with Gasteiger partial charge in [0.05, 0.1) is 7.11 Å². The van der Waals surface area contributed by atoms with Crippen LogP contribution in [0.5, 0.6) is 5.75 Å². The number of hydrogen-bond donors (Lipinski definition) is 1. The highest BCUT2D eigenvalue weighted by atomic mass is 32.2. The van der Waals surface area contributed by atoms with Crippen LogP contribution in [0.25, 0.3) is 23.0 Å². The summed E-state index contributed by atoms with van der Waals surface area (Å²) in [5.41, 5.74) is 0.0728. The molecule has 3 aromatic rings. The first kappa shape index (κ1) is 18.2. The summed E-state index contributed by atoms with van der Waals surface area (Å²) in [5.74, 6) is 1.25. The van der Waals surface area contributed by atoms with Gasteiger partial charge in [0.2, 0.25) is 10.9 Å². The number of nitrogens with zero attached hydrogens (tertiary/aromatic N) is 2. The van der Waals surface area contributed by atoms with E-state index < -0.39 is 15.6 Å². The number of aromatic nitrogens is 2. The minimum atomic E-state index is -3.78. The van der Waals surface area contributed by atoms with Crippen molar-refractivity contribution in [1.82, 2.24) is 14.9 Å². The van der Waals surface area contributed by atoms with Crippen molar-refractivity contribution in [1.29, 1.82) is 0 Å². The van der Waals surface area contributed by atoms with Gasteiger partial charge in [0.15, 0.2) is 5.76 Å². The van der Waals surface area contributed by atoms with Crippen LogP contribution in [0.2, 0.25) is 0 Å². The fourth-order valence-corrected chi connectivity index (χ4v) is 3.59. The van der Waals surface area contributed by atoms with E-state index >= 15 is 0 Å². The standard InChI is InChI=1S/C17H19N3O5S/c1-17(2,3)20-26(21,22)14-9-8-13(24-14)16-18-15(19-25-16)11-6-5-7-12(10-11)23-4/h5-10,20H,1-4H3. The van der Waals surface area contributed by atoms with Crippen LogP contribution in [-0.2, 0) is 10.0 Å². The van der Waals surface area contributed by atoms with Gasteiger partial charge < -0.3 is 13.7 Å². The summed E-state index contributed by atoms with van der Waals surface area (Å²) in [6, 6.07) is 10.00. The van der Waals surface area contributed by atoms with Crippen molar-refractivity contribution in [2.24, 2.45) is 0 Å². The minimum absolute atomic E-state index is 0.0834. The molecule has 0 radical (unpaired) electrons. The average molecular weight is 377 g/mol. The van der Waals surface area contributed by atoms with Crippen molar-refractivity contribution in [3.05, 3.63) is 36.4 Å². The number of furan rings is 1. The molecule has 0 saturated carbocycles. The van der Waals surface area contributed by atoms with Gasteiger partial charge in [0.25, 0.3) is 15.9 Å². The van der Waals surface area contributed by atoms with E-state index in [4.69, 9.17) is 13.7 Å². The normalized spacial score (nSPS) is 12.3. The third-order valence-corrected chi connectivity index (χ3v) is 4.88. The summed E-state index contributed by atoms with van der Waals surface area (Å²) >= 11 is 0. The number of ether oxygens (including phenoxy) is 1. The summed E-state index contributed by atoms with van der Waals surface area (Å²) in [4.78, 5) is 4.25. The van der Waals surface area contributed by atoms with Gasteiger partial charge >= 0.3 is 0 Å². The molecule has 0 unspecified atom stereocenters. The molecule has 2 aromatic heterocycles. The molecule has 0 aliphatic heterocycles. The fourth-order valence-electron chi connectivity index (χ4n) is 2.24. The third kappa shape index (κ3) is 3.94. The maximum atomic E-state index is 12.3. The van der Waals surface area contributed by atoms with E-state index in [2.05, 4.69) is 14.9 Å². The SMILES string of the molecule is COc1cccc(-c2noc(-c3ccc(S(=O)(=O)NC(C)(C)C)o3)n2)c1. The molecule has 1 N–H and O–H groups in total. The highest BCUT2D eigenvalue weighted by Crippen LogP contribution is 2.27. The molecular formula is C17H19N3O5S. The Balaban J connectivity index is 1.88. The van der Waals surface area contributed by atoms with Crippen molar-refractivity contribution in [3.8, 4) is 28.8 Å². The molecular weight excluding hydrogens is 358 g/mol. The van der Waals surface area contributed by atoms with E-state index in [0.29, 0.717) is 17.1 Å². The lowest BCUT2D eigenvalue weighted by atomic mass is 10.1. The lowest BCUT2D eigenvalue weighted by Gasteiger charge is -2.18. The topological polar surface area (TPSA) is 107 Å². The lowest BCUT2D eigenvalue weighted by molar-refractivity contribution is 0.395. The molecule has 138 valence electrons. The van der Waals surface area contributed by atoms with Gasteiger partial charge in [-0.15, -0.1) is 0 Å². The van der Waals surface area contributed by atoms with E-state index in [-0.39, 0.29) is 16.7 Å². The summed E-state index contributed by atoms with van der Waals surface area (Å²) in [5, 5.41) is 3.68. The van der Waals surface area contributed by atoms with E-state index in [1.165, 1.54) is 12.1 Å². The summed E-state index contributed by atoms with van der Waals surface area (Å²) in [6.07, 6.45) is 0. The van der Waals surface area contributed by atoms with Gasteiger partial charge in [0, 0.05) is 11.1 Å². The second kappa shape index (κ2) is 6.58. The number of hydrogen-bond acceptors (Lipinski definition) is 7. The maximum Gasteiger partial charge on any atom is 0.293 e. The summed E-state index contributed by atoms with van der Waals surface area (Å²) in [6.45, 7) is 5.23. The van der Waals surface area contributed by atoms with Crippen LogP contribution in [0.4, 0.5) is 0 Å². The number of benzene rings is 1. The van der Waals surface area contributed by atoms with E-state index in [9.17, 15) is 8.42 Å². The Labute approximate surface area is 151 Å². The van der Waals surface area contributed by atoms with Crippen LogP contribution >= 0.6 is 0 Å². The van der Waals surface area contributed by atoms with Crippen molar-refractivity contribution in [3.63, 3.8) is 0 Å². The van der Waals surface area contributed by atoms with Crippen molar-refractivity contribution in [2.75, 3.05) is 7.11 Å². The predicted octanol–water partition coefficient (Wildman–Crippen LogP) is 3.08. The smallest absolute Gasteiger partial charge is 0.293 e. The molecule has 0 saturated heterocycles. The van der Waals surface area contributed by atoms with Gasteiger partial charge in [0.1, 0.15) is 5.75 Å². The average Bonchev–Trinajstić information content (AvgIpc) is 3.22. The van der Waals surface area contributed by atoms with Crippen LogP contribution < -0.4 is 9.46 Å². The van der Waals surface area contributed by atoms with Crippen LogP contribution in [0, 0.1) is 0 Å². The van der Waals surface area contributed by atoms with Gasteiger partial charge in [-0.2, -0.15) is 4.98 Å². The molecule has 3 rings (SSSR count). The molecule has 9 heteroatoms. The van der Waals surface area contributed by atoms with Crippen molar-refractivity contribution in [2.45, 2.75) is 31.4 Å². The van der Waals surface area contributed by atoms with E-state index in [0.717, 1.165) is 0 Å². The van der Waals surface area contributed by atoms with Crippen molar-refractivity contribution < 1.29 is 22.1 Å². The second-order valence-corrected chi connectivity index (χ2v) is 8.24. The summed E-state index contributed by atoms with van der Waals surface area (Å²) < 4.78 is 42.9. The largest absolute Gasteiger partial charge is 0.497 e. The molecule has 2 heterocycles. The van der Waals surface area contributed by atoms with Crippen LogP contribution in [0.1, 0.15) is 20.8 Å². The minimum Gasteiger partial charge on any atom is -0.497 e. The Bertz CT molecular complexity index is 1010. The molecule has 0 atom stereocenters. The highest BCUT2D eigenvalue weighted by molar-refractivity contribution is 7.89. The summed E-state index contributed by atoms with van der Waals surface area (Å²) in [7, 11) is -2.22. The maximum absolute atomic E-state index is 12.3. The fraction of sp³-hybridized carbons (Fsp3) is 0.294. The second-order valence-electron chi connectivity index (χ2n) is 6.63. The lowest BCUT2D eigenvalue weighted by Crippen LogP contribution is -2.40. The zero-order valence-corrected chi connectivity index (χ0v) is 15.6. The van der Waals surface area contributed by atoms with Crippen LogP contribution in [0.15, 0.2) is 50.4 Å². The Morgan fingerprint density at radius 1 is 1.15 bits per heavy atom. The molecule has 0 amide bonds. The van der Waals surface area contributed by atoms with Crippen LogP contribution in [0.3, 0.4) is 0 Å². The quantitative estimate of drug-likeness (QED) is 0.728. The Morgan fingerprint density at radius 3 is 2.62 bits per heavy atom.